The summed E-state index contributed by atoms with van der Waals surface area (Å²) in [7, 11) is -2.84. The fraction of sp³-hybridized carbons (Fsp3) is 0.571. The van der Waals surface area contributed by atoms with Crippen LogP contribution in [0.4, 0.5) is 0 Å². The molecule has 2 aliphatic rings. The van der Waals surface area contributed by atoms with E-state index in [9.17, 15) is 8.42 Å². The van der Waals surface area contributed by atoms with E-state index in [4.69, 9.17) is 4.74 Å². The molecule has 0 aliphatic carbocycles. The summed E-state index contributed by atoms with van der Waals surface area (Å²) >= 11 is 0. The van der Waals surface area contributed by atoms with Crippen molar-refractivity contribution < 1.29 is 13.2 Å². The highest BCUT2D eigenvalue weighted by Crippen LogP contribution is 2.37. The molecule has 19 heavy (non-hydrogen) atoms. The topological polar surface area (TPSA) is 55.4 Å². The van der Waals surface area contributed by atoms with Crippen molar-refractivity contribution in [1.82, 2.24) is 5.32 Å². The third-order valence-corrected chi connectivity index (χ3v) is 5.78. The molecule has 0 amide bonds. The second-order valence-corrected chi connectivity index (χ2v) is 7.83. The smallest absolute Gasteiger partial charge is 0.157 e. The van der Waals surface area contributed by atoms with Crippen LogP contribution in [0.2, 0.25) is 0 Å². The Morgan fingerprint density at radius 2 is 2.05 bits per heavy atom. The third kappa shape index (κ3) is 2.49. The fourth-order valence-electron chi connectivity index (χ4n) is 2.91. The van der Waals surface area contributed by atoms with Crippen LogP contribution in [-0.4, -0.2) is 32.6 Å². The number of benzene rings is 1. The van der Waals surface area contributed by atoms with Gasteiger partial charge in [0.25, 0.3) is 0 Å². The summed E-state index contributed by atoms with van der Waals surface area (Å²) in [5, 5.41) is 3.52. The molecule has 2 fully saturated rings. The lowest BCUT2D eigenvalue weighted by atomic mass is 9.90. The molecular formula is C14H19NO3S. The van der Waals surface area contributed by atoms with Crippen molar-refractivity contribution in [1.29, 1.82) is 0 Å². The third-order valence-electron chi connectivity index (χ3n) is 4.02. The number of ether oxygens (including phenoxy) is 1. The van der Waals surface area contributed by atoms with Gasteiger partial charge in [0.15, 0.2) is 9.84 Å². The van der Waals surface area contributed by atoms with Crippen LogP contribution in [0.1, 0.15) is 25.3 Å². The highest BCUT2D eigenvalue weighted by Gasteiger charge is 2.37. The molecule has 1 aromatic rings. The van der Waals surface area contributed by atoms with Crippen molar-refractivity contribution in [3.8, 4) is 5.75 Å². The lowest BCUT2D eigenvalue weighted by Crippen LogP contribution is -2.45. The van der Waals surface area contributed by atoms with Crippen molar-refractivity contribution in [3.63, 3.8) is 0 Å². The predicted octanol–water partition coefficient (Wildman–Crippen LogP) is 1.46. The van der Waals surface area contributed by atoms with E-state index in [1.807, 2.05) is 18.2 Å². The number of rotatable bonds is 3. The zero-order valence-corrected chi connectivity index (χ0v) is 11.9. The minimum atomic E-state index is -2.84. The van der Waals surface area contributed by atoms with Crippen molar-refractivity contribution in [3.05, 3.63) is 29.8 Å². The lowest BCUT2D eigenvalue weighted by Gasteiger charge is -2.31. The maximum absolute atomic E-state index is 11.2. The first-order chi connectivity index (χ1) is 8.99. The largest absolute Gasteiger partial charge is 0.488 e. The Morgan fingerprint density at radius 3 is 2.68 bits per heavy atom. The molecule has 4 nitrogen and oxygen atoms in total. The summed E-state index contributed by atoms with van der Waals surface area (Å²) in [6, 6.07) is 7.95. The number of sulfone groups is 1. The van der Waals surface area contributed by atoms with E-state index >= 15 is 0 Å². The molecule has 1 unspecified atom stereocenters. The van der Waals surface area contributed by atoms with Crippen LogP contribution in [0.15, 0.2) is 24.3 Å². The SMILES string of the molecule is CC1(c2ccccc2OC2CS(=O)(=O)C2)CCCN1. The molecule has 104 valence electrons. The van der Waals surface area contributed by atoms with Crippen LogP contribution in [0.3, 0.4) is 0 Å². The van der Waals surface area contributed by atoms with Gasteiger partial charge < -0.3 is 10.1 Å². The second-order valence-electron chi connectivity index (χ2n) is 5.68. The summed E-state index contributed by atoms with van der Waals surface area (Å²) in [5.41, 5.74) is 1.08. The molecule has 1 aromatic carbocycles. The van der Waals surface area contributed by atoms with Gasteiger partial charge in [-0.3, -0.25) is 0 Å². The zero-order valence-electron chi connectivity index (χ0n) is 11.1. The molecule has 2 saturated heterocycles. The Labute approximate surface area is 114 Å². The van der Waals surface area contributed by atoms with Gasteiger partial charge in [0.2, 0.25) is 0 Å². The van der Waals surface area contributed by atoms with Crippen molar-refractivity contribution in [2.75, 3.05) is 18.1 Å². The van der Waals surface area contributed by atoms with E-state index in [-0.39, 0.29) is 23.1 Å². The normalized spacial score (nSPS) is 29.9. The highest BCUT2D eigenvalue weighted by atomic mass is 32.2. The first-order valence-electron chi connectivity index (χ1n) is 6.70. The Morgan fingerprint density at radius 1 is 1.32 bits per heavy atom. The quantitative estimate of drug-likeness (QED) is 0.911. The Balaban J connectivity index is 1.82. The molecule has 0 aromatic heterocycles. The summed E-state index contributed by atoms with van der Waals surface area (Å²) in [4.78, 5) is 0. The van der Waals surface area contributed by atoms with Gasteiger partial charge in [-0.15, -0.1) is 0 Å². The Hall–Kier alpha value is -1.07. The van der Waals surface area contributed by atoms with Crippen molar-refractivity contribution in [2.24, 2.45) is 0 Å². The molecule has 2 heterocycles. The summed E-state index contributed by atoms with van der Waals surface area (Å²) < 4.78 is 28.3. The van der Waals surface area contributed by atoms with Crippen LogP contribution in [0, 0.1) is 0 Å². The highest BCUT2D eigenvalue weighted by molar-refractivity contribution is 7.92. The molecule has 0 spiro atoms. The summed E-state index contributed by atoms with van der Waals surface area (Å²) in [6.45, 7) is 3.20. The minimum Gasteiger partial charge on any atom is -0.488 e. The fourth-order valence-corrected chi connectivity index (χ4v) is 4.09. The standard InChI is InChI=1S/C14H19NO3S/c1-14(7-4-8-15-14)12-5-2-3-6-13(12)18-11-9-19(16,17)10-11/h2-3,5-6,11,15H,4,7-10H2,1H3. The van der Waals surface area contributed by atoms with Gasteiger partial charge in [0.05, 0.1) is 11.5 Å². The van der Waals surface area contributed by atoms with Gasteiger partial charge in [-0.2, -0.15) is 0 Å². The number of hydrogen-bond donors (Lipinski definition) is 1. The van der Waals surface area contributed by atoms with Gasteiger partial charge >= 0.3 is 0 Å². The molecule has 3 rings (SSSR count). The molecule has 1 atom stereocenters. The summed E-state index contributed by atoms with van der Waals surface area (Å²) in [5.74, 6) is 1.11. The van der Waals surface area contributed by atoms with Crippen molar-refractivity contribution in [2.45, 2.75) is 31.4 Å². The van der Waals surface area contributed by atoms with E-state index < -0.39 is 9.84 Å². The first kappa shape index (κ1) is 12.9. The Bertz CT molecular complexity index is 564. The van der Waals surface area contributed by atoms with Crippen molar-refractivity contribution >= 4 is 9.84 Å². The van der Waals surface area contributed by atoms with Crippen LogP contribution < -0.4 is 10.1 Å². The second kappa shape index (κ2) is 4.49. The zero-order chi connectivity index (χ0) is 13.5. The molecule has 0 saturated carbocycles. The first-order valence-corrected chi connectivity index (χ1v) is 8.52. The maximum atomic E-state index is 11.2. The van der Waals surface area contributed by atoms with Gasteiger partial charge in [-0.05, 0) is 32.4 Å². The molecule has 0 bridgehead atoms. The van der Waals surface area contributed by atoms with E-state index in [0.717, 1.165) is 30.7 Å². The van der Waals surface area contributed by atoms with Gasteiger partial charge in [0, 0.05) is 11.1 Å². The molecule has 5 heteroatoms. The van der Waals surface area contributed by atoms with Gasteiger partial charge in [-0.1, -0.05) is 18.2 Å². The minimum absolute atomic E-state index is 0.0563. The number of hydrogen-bond acceptors (Lipinski definition) is 4. The van der Waals surface area contributed by atoms with E-state index in [0.29, 0.717) is 0 Å². The Kier molecular flexibility index (Phi) is 3.06. The maximum Gasteiger partial charge on any atom is 0.157 e. The lowest BCUT2D eigenvalue weighted by molar-refractivity contribution is 0.222. The van der Waals surface area contributed by atoms with Crippen LogP contribution in [0.5, 0.6) is 5.75 Å². The molecule has 1 N–H and O–H groups in total. The van der Waals surface area contributed by atoms with Crippen LogP contribution in [-0.2, 0) is 15.4 Å². The average Bonchev–Trinajstić information content (AvgIpc) is 2.75. The van der Waals surface area contributed by atoms with E-state index in [1.165, 1.54) is 0 Å². The number of nitrogens with one attached hydrogen (secondary N) is 1. The van der Waals surface area contributed by atoms with Gasteiger partial charge in [0.1, 0.15) is 11.9 Å². The molecular weight excluding hydrogens is 262 g/mol. The van der Waals surface area contributed by atoms with E-state index in [1.54, 1.807) is 0 Å². The molecule has 0 radical (unpaired) electrons. The number of para-hydroxylation sites is 1. The molecule has 2 aliphatic heterocycles. The summed E-state index contributed by atoms with van der Waals surface area (Å²) in [6.07, 6.45) is 2.05. The monoisotopic (exact) mass is 281 g/mol. The van der Waals surface area contributed by atoms with E-state index in [2.05, 4.69) is 18.3 Å². The van der Waals surface area contributed by atoms with Crippen LogP contribution >= 0.6 is 0 Å². The van der Waals surface area contributed by atoms with Gasteiger partial charge in [-0.25, -0.2) is 8.42 Å². The average molecular weight is 281 g/mol. The van der Waals surface area contributed by atoms with Crippen LogP contribution in [0.25, 0.3) is 0 Å². The predicted molar refractivity (Wildman–Crippen MR) is 74.1 cm³/mol.